The highest BCUT2D eigenvalue weighted by Gasteiger charge is 2.36. The van der Waals surface area contributed by atoms with Crippen molar-refractivity contribution in [3.8, 4) is 5.75 Å². The highest BCUT2D eigenvalue weighted by atomic mass is 32.2. The van der Waals surface area contributed by atoms with Gasteiger partial charge >= 0.3 is 5.97 Å². The summed E-state index contributed by atoms with van der Waals surface area (Å²) in [4.78, 5) is 26.6. The molecule has 1 aliphatic rings. The van der Waals surface area contributed by atoms with Crippen LogP contribution in [0.5, 0.6) is 5.75 Å². The summed E-state index contributed by atoms with van der Waals surface area (Å²) in [6.45, 7) is 3.39. The van der Waals surface area contributed by atoms with Crippen molar-refractivity contribution in [2.75, 3.05) is 39.3 Å². The van der Waals surface area contributed by atoms with Gasteiger partial charge in [-0.1, -0.05) is 0 Å². The van der Waals surface area contributed by atoms with E-state index < -0.39 is 43.9 Å². The zero-order valence-electron chi connectivity index (χ0n) is 18.2. The van der Waals surface area contributed by atoms with Crippen LogP contribution in [0.1, 0.15) is 30.6 Å². The number of carbonyl (C=O) groups is 2. The second kappa shape index (κ2) is 9.53. The summed E-state index contributed by atoms with van der Waals surface area (Å²) >= 11 is 0. The number of sulfonamides is 1. The lowest BCUT2D eigenvalue weighted by Gasteiger charge is -2.29. The second-order valence-electron chi connectivity index (χ2n) is 7.38. The molecule has 0 saturated carbocycles. The minimum absolute atomic E-state index is 0.0184. The Labute approximate surface area is 183 Å². The molecular formula is C19H28N2O8S2. The lowest BCUT2D eigenvalue weighted by molar-refractivity contribution is -0.141. The van der Waals surface area contributed by atoms with Crippen molar-refractivity contribution < 1.29 is 35.9 Å². The van der Waals surface area contributed by atoms with E-state index in [9.17, 15) is 26.4 Å². The van der Waals surface area contributed by atoms with Crippen LogP contribution in [-0.2, 0) is 29.4 Å². The summed E-state index contributed by atoms with van der Waals surface area (Å²) in [7, 11) is -3.06. The minimum atomic E-state index is -3.89. The van der Waals surface area contributed by atoms with E-state index in [0.29, 0.717) is 6.42 Å². The number of likely N-dealkylation sites (N-methyl/N-ethyl adjacent to an activating group) is 1. The van der Waals surface area contributed by atoms with E-state index in [4.69, 9.17) is 9.47 Å². The molecule has 0 aromatic heterocycles. The average Bonchev–Trinajstić information content (AvgIpc) is 3.06. The molecule has 1 saturated heterocycles. The number of methoxy groups -OCH3 is 1. The number of amides is 1. The van der Waals surface area contributed by atoms with E-state index in [1.807, 2.05) is 0 Å². The Bertz CT molecular complexity index is 1050. The molecule has 12 heteroatoms. The number of benzene rings is 1. The van der Waals surface area contributed by atoms with Crippen molar-refractivity contribution in [3.63, 3.8) is 0 Å². The molecule has 2 rings (SSSR count). The summed E-state index contributed by atoms with van der Waals surface area (Å²) in [6, 6.07) is 3.35. The van der Waals surface area contributed by atoms with Gasteiger partial charge < -0.3 is 14.4 Å². The van der Waals surface area contributed by atoms with Crippen LogP contribution in [0.4, 0.5) is 0 Å². The first-order valence-electron chi connectivity index (χ1n) is 9.66. The number of sulfone groups is 1. The van der Waals surface area contributed by atoms with E-state index >= 15 is 0 Å². The average molecular weight is 477 g/mol. The van der Waals surface area contributed by atoms with Crippen molar-refractivity contribution in [3.05, 3.63) is 23.8 Å². The van der Waals surface area contributed by atoms with E-state index in [-0.39, 0.29) is 34.3 Å². The van der Waals surface area contributed by atoms with Gasteiger partial charge in [-0.05, 0) is 38.5 Å². The molecule has 1 aromatic rings. The molecule has 1 amide bonds. The Hall–Kier alpha value is -2.18. The van der Waals surface area contributed by atoms with Gasteiger partial charge in [0.15, 0.2) is 15.9 Å². The first-order valence-corrected chi connectivity index (χ1v) is 12.9. The molecule has 1 fully saturated rings. The number of carbonyl (C=O) groups excluding carboxylic acids is 2. The highest BCUT2D eigenvalue weighted by Crippen LogP contribution is 2.27. The Kier molecular flexibility index (Phi) is 7.71. The van der Waals surface area contributed by atoms with Gasteiger partial charge in [0.05, 0.1) is 24.2 Å². The molecule has 0 spiro atoms. The Balaban J connectivity index is 2.21. The molecule has 0 radical (unpaired) electrons. The minimum Gasteiger partial charge on any atom is -0.495 e. The highest BCUT2D eigenvalue weighted by molar-refractivity contribution is 7.91. The van der Waals surface area contributed by atoms with Crippen LogP contribution in [0.15, 0.2) is 23.1 Å². The largest absolute Gasteiger partial charge is 0.495 e. The number of hydrogen-bond acceptors (Lipinski definition) is 8. The van der Waals surface area contributed by atoms with Crippen molar-refractivity contribution >= 4 is 31.7 Å². The fourth-order valence-electron chi connectivity index (χ4n) is 3.33. The molecule has 1 aromatic carbocycles. The van der Waals surface area contributed by atoms with E-state index in [1.54, 1.807) is 6.92 Å². The molecule has 0 bridgehead atoms. The smallest absolute Gasteiger partial charge is 0.338 e. The topological polar surface area (TPSA) is 127 Å². The van der Waals surface area contributed by atoms with E-state index in [0.717, 1.165) is 10.4 Å². The molecule has 31 heavy (non-hydrogen) atoms. The van der Waals surface area contributed by atoms with Gasteiger partial charge in [0.1, 0.15) is 10.6 Å². The van der Waals surface area contributed by atoms with Gasteiger partial charge in [0.2, 0.25) is 10.0 Å². The van der Waals surface area contributed by atoms with Crippen LogP contribution in [0.2, 0.25) is 0 Å². The van der Waals surface area contributed by atoms with Crippen molar-refractivity contribution in [2.45, 2.75) is 37.3 Å². The van der Waals surface area contributed by atoms with Gasteiger partial charge in [-0.15, -0.1) is 0 Å². The van der Waals surface area contributed by atoms with Gasteiger partial charge in [-0.25, -0.2) is 25.9 Å². The van der Waals surface area contributed by atoms with Gasteiger partial charge in [0.25, 0.3) is 5.91 Å². The Morgan fingerprint density at radius 1 is 1.26 bits per heavy atom. The monoisotopic (exact) mass is 476 g/mol. The number of hydrogen-bond donors (Lipinski definition) is 0. The molecule has 10 nitrogen and oxygen atoms in total. The number of rotatable bonds is 8. The molecule has 0 unspecified atom stereocenters. The van der Waals surface area contributed by atoms with E-state index in [1.165, 1.54) is 45.2 Å². The number of nitrogens with zero attached hydrogens (tertiary/aromatic N) is 2. The van der Waals surface area contributed by atoms with Gasteiger partial charge in [-0.2, -0.15) is 0 Å². The zero-order valence-corrected chi connectivity index (χ0v) is 19.8. The number of esters is 1. The van der Waals surface area contributed by atoms with Crippen LogP contribution in [0, 0.1) is 0 Å². The maximum absolute atomic E-state index is 12.8. The molecule has 1 aliphatic heterocycles. The predicted octanol–water partition coefficient (Wildman–Crippen LogP) is 0.526. The standard InChI is InChI=1S/C19H28N2O8S2/c1-6-21(15-9-10-30(24,25)12-15)18(22)13(2)29-19(23)14-7-8-16(28-5)17(11-14)31(26,27)20(3)4/h7-8,11,13,15H,6,9-10,12H2,1-5H3/t13-,15-/m0/s1. The fraction of sp³-hybridized carbons (Fsp3) is 0.579. The summed E-state index contributed by atoms with van der Waals surface area (Å²) in [5, 5.41) is 0. The molecule has 174 valence electrons. The van der Waals surface area contributed by atoms with Crippen LogP contribution in [-0.4, -0.2) is 89.3 Å². The fourth-order valence-corrected chi connectivity index (χ4v) is 6.14. The lowest BCUT2D eigenvalue weighted by Crippen LogP contribution is -2.46. The summed E-state index contributed by atoms with van der Waals surface area (Å²) < 4.78 is 59.9. The van der Waals surface area contributed by atoms with Crippen molar-refractivity contribution in [2.24, 2.45) is 0 Å². The maximum atomic E-state index is 12.8. The Morgan fingerprint density at radius 2 is 1.90 bits per heavy atom. The Morgan fingerprint density at radius 3 is 2.39 bits per heavy atom. The third kappa shape index (κ3) is 5.55. The van der Waals surface area contributed by atoms with E-state index in [2.05, 4.69) is 0 Å². The van der Waals surface area contributed by atoms with Crippen LogP contribution < -0.4 is 4.74 Å². The molecule has 1 heterocycles. The third-order valence-corrected chi connectivity index (χ3v) is 8.65. The summed E-state index contributed by atoms with van der Waals surface area (Å²) in [5.74, 6) is -1.42. The van der Waals surface area contributed by atoms with Gasteiger partial charge in [0, 0.05) is 26.7 Å². The maximum Gasteiger partial charge on any atom is 0.338 e. The van der Waals surface area contributed by atoms with Crippen LogP contribution in [0.25, 0.3) is 0 Å². The molecular weight excluding hydrogens is 448 g/mol. The lowest BCUT2D eigenvalue weighted by atomic mass is 10.2. The quantitative estimate of drug-likeness (QED) is 0.497. The first-order chi connectivity index (χ1) is 14.3. The SMILES string of the molecule is CCN(C(=O)[C@H](C)OC(=O)c1ccc(OC)c(S(=O)(=O)N(C)C)c1)[C@H]1CCS(=O)(=O)C1. The second-order valence-corrected chi connectivity index (χ2v) is 11.7. The van der Waals surface area contributed by atoms with Crippen molar-refractivity contribution in [1.29, 1.82) is 0 Å². The number of ether oxygens (including phenoxy) is 2. The normalized spacial score (nSPS) is 19.1. The molecule has 0 aliphatic carbocycles. The third-order valence-electron chi connectivity index (χ3n) is 5.06. The molecule has 0 N–H and O–H groups in total. The van der Waals surface area contributed by atoms with Crippen molar-refractivity contribution in [1.82, 2.24) is 9.21 Å². The summed E-state index contributed by atoms with van der Waals surface area (Å²) in [6.07, 6.45) is -0.834. The van der Waals surface area contributed by atoms with Crippen LogP contribution in [0.3, 0.4) is 0 Å². The molecule has 2 atom stereocenters. The van der Waals surface area contributed by atoms with Crippen LogP contribution >= 0.6 is 0 Å². The summed E-state index contributed by atoms with van der Waals surface area (Å²) in [5.41, 5.74) is -0.0626. The van der Waals surface area contributed by atoms with Gasteiger partial charge in [-0.3, -0.25) is 4.79 Å². The first kappa shape index (κ1) is 25.1. The zero-order chi connectivity index (χ0) is 23.6. The predicted molar refractivity (Wildman–Crippen MR) is 113 cm³/mol.